The number of non-ortho nitro benzene ring substituents is 1. The SMILES string of the molecule is CC(NC(=O)c1ccc([N+](=O)[O-])cc1Cl)c1nc(-c2cccc(Cl)c2)no1. The highest BCUT2D eigenvalue weighted by atomic mass is 35.5. The number of nitro groups is 1. The number of amides is 1. The third-order valence-corrected chi connectivity index (χ3v) is 4.20. The minimum Gasteiger partial charge on any atom is -0.340 e. The number of carbonyl (C=O) groups is 1. The number of hydrogen-bond acceptors (Lipinski definition) is 6. The molecule has 0 radical (unpaired) electrons. The number of aromatic nitrogens is 2. The Morgan fingerprint density at radius 1 is 1.26 bits per heavy atom. The smallest absolute Gasteiger partial charge is 0.270 e. The molecule has 0 bridgehead atoms. The van der Waals surface area contributed by atoms with E-state index >= 15 is 0 Å². The summed E-state index contributed by atoms with van der Waals surface area (Å²) in [5.74, 6) is 0.00299. The molecule has 1 N–H and O–H groups in total. The van der Waals surface area contributed by atoms with Crippen LogP contribution in [0.15, 0.2) is 47.0 Å². The zero-order chi connectivity index (χ0) is 19.6. The Bertz CT molecular complexity index is 1020. The maximum absolute atomic E-state index is 12.4. The van der Waals surface area contributed by atoms with E-state index in [2.05, 4.69) is 15.5 Å². The van der Waals surface area contributed by atoms with Crippen LogP contribution in [0.2, 0.25) is 10.0 Å². The molecule has 27 heavy (non-hydrogen) atoms. The van der Waals surface area contributed by atoms with Gasteiger partial charge in [-0.25, -0.2) is 0 Å². The summed E-state index contributed by atoms with van der Waals surface area (Å²) in [6.07, 6.45) is 0. The lowest BCUT2D eigenvalue weighted by molar-refractivity contribution is -0.384. The van der Waals surface area contributed by atoms with Crippen LogP contribution < -0.4 is 5.32 Å². The van der Waals surface area contributed by atoms with Gasteiger partial charge in [-0.1, -0.05) is 40.5 Å². The van der Waals surface area contributed by atoms with Gasteiger partial charge in [-0.3, -0.25) is 14.9 Å². The fourth-order valence-corrected chi connectivity index (χ4v) is 2.74. The molecule has 2 aromatic carbocycles. The number of nitrogens with one attached hydrogen (secondary N) is 1. The van der Waals surface area contributed by atoms with E-state index in [0.717, 1.165) is 6.07 Å². The van der Waals surface area contributed by atoms with Crippen molar-refractivity contribution in [3.63, 3.8) is 0 Å². The predicted molar refractivity (Wildman–Crippen MR) is 98.7 cm³/mol. The normalized spacial score (nSPS) is 11.8. The first-order chi connectivity index (χ1) is 12.8. The molecule has 0 aliphatic rings. The molecule has 1 heterocycles. The lowest BCUT2D eigenvalue weighted by atomic mass is 10.1. The number of benzene rings is 2. The summed E-state index contributed by atoms with van der Waals surface area (Å²) < 4.78 is 5.20. The second-order valence-corrected chi connectivity index (χ2v) is 6.43. The second-order valence-electron chi connectivity index (χ2n) is 5.58. The van der Waals surface area contributed by atoms with Crippen molar-refractivity contribution < 1.29 is 14.2 Å². The number of nitro benzene ring substituents is 1. The number of halogens is 2. The minimum atomic E-state index is -0.607. The molecule has 1 unspecified atom stereocenters. The van der Waals surface area contributed by atoms with Crippen molar-refractivity contribution >= 4 is 34.8 Å². The van der Waals surface area contributed by atoms with Gasteiger partial charge in [-0.15, -0.1) is 0 Å². The molecular formula is C17H12Cl2N4O4. The standard InChI is InChI=1S/C17H12Cl2N4O4/c1-9(17-21-15(22-27-17)10-3-2-4-11(18)7-10)20-16(24)13-6-5-12(23(25)26)8-14(13)19/h2-9H,1H3,(H,20,24). The van der Waals surface area contributed by atoms with Crippen molar-refractivity contribution in [3.8, 4) is 11.4 Å². The molecule has 3 aromatic rings. The summed E-state index contributed by atoms with van der Waals surface area (Å²) >= 11 is 11.9. The molecule has 0 fully saturated rings. The minimum absolute atomic E-state index is 0.0287. The van der Waals surface area contributed by atoms with Crippen LogP contribution in [0.1, 0.15) is 29.2 Å². The number of carbonyl (C=O) groups excluding carboxylic acids is 1. The molecule has 8 nitrogen and oxygen atoms in total. The summed E-state index contributed by atoms with van der Waals surface area (Å²) in [6, 6.07) is 9.95. The average Bonchev–Trinajstić information content (AvgIpc) is 3.11. The van der Waals surface area contributed by atoms with Crippen molar-refractivity contribution in [1.29, 1.82) is 0 Å². The lowest BCUT2D eigenvalue weighted by Crippen LogP contribution is -2.27. The molecule has 0 saturated heterocycles. The van der Waals surface area contributed by atoms with E-state index in [1.54, 1.807) is 31.2 Å². The van der Waals surface area contributed by atoms with Gasteiger partial charge in [-0.2, -0.15) is 4.98 Å². The molecule has 10 heteroatoms. The maximum Gasteiger partial charge on any atom is 0.270 e. The second kappa shape index (κ2) is 7.73. The van der Waals surface area contributed by atoms with Gasteiger partial charge >= 0.3 is 0 Å². The number of nitrogens with zero attached hydrogens (tertiary/aromatic N) is 3. The molecule has 1 atom stereocenters. The first-order valence-electron chi connectivity index (χ1n) is 7.69. The highest BCUT2D eigenvalue weighted by Gasteiger charge is 2.21. The van der Waals surface area contributed by atoms with Crippen LogP contribution in [0.5, 0.6) is 0 Å². The fraction of sp³-hybridized carbons (Fsp3) is 0.118. The molecule has 0 spiro atoms. The van der Waals surface area contributed by atoms with Crippen LogP contribution in [-0.2, 0) is 0 Å². The maximum atomic E-state index is 12.4. The van der Waals surface area contributed by atoms with Crippen molar-refractivity contribution in [1.82, 2.24) is 15.5 Å². The third-order valence-electron chi connectivity index (χ3n) is 3.65. The van der Waals surface area contributed by atoms with Gasteiger partial charge in [0, 0.05) is 22.7 Å². The van der Waals surface area contributed by atoms with Crippen LogP contribution in [0.4, 0.5) is 5.69 Å². The molecule has 1 amide bonds. The quantitative estimate of drug-likeness (QED) is 0.494. The average molecular weight is 407 g/mol. The van der Waals surface area contributed by atoms with E-state index in [4.69, 9.17) is 27.7 Å². The molecule has 0 saturated carbocycles. The van der Waals surface area contributed by atoms with Gasteiger partial charge < -0.3 is 9.84 Å². The van der Waals surface area contributed by atoms with Gasteiger partial charge in [0.1, 0.15) is 6.04 Å². The van der Waals surface area contributed by atoms with E-state index in [9.17, 15) is 14.9 Å². The summed E-state index contributed by atoms with van der Waals surface area (Å²) in [4.78, 5) is 26.8. The Hall–Kier alpha value is -2.97. The zero-order valence-electron chi connectivity index (χ0n) is 13.8. The Morgan fingerprint density at radius 3 is 2.70 bits per heavy atom. The summed E-state index contributed by atoms with van der Waals surface area (Å²) in [5.41, 5.74) is 0.575. The molecule has 138 valence electrons. The van der Waals surface area contributed by atoms with Gasteiger partial charge in [-0.05, 0) is 25.1 Å². The fourth-order valence-electron chi connectivity index (χ4n) is 2.29. The van der Waals surface area contributed by atoms with Crippen molar-refractivity contribution in [2.45, 2.75) is 13.0 Å². The van der Waals surface area contributed by atoms with E-state index in [-0.39, 0.29) is 22.2 Å². The van der Waals surface area contributed by atoms with Gasteiger partial charge in [0.25, 0.3) is 11.6 Å². The monoisotopic (exact) mass is 406 g/mol. The van der Waals surface area contributed by atoms with Crippen molar-refractivity contribution in [2.75, 3.05) is 0 Å². The number of rotatable bonds is 5. The predicted octanol–water partition coefficient (Wildman–Crippen LogP) is 4.44. The first kappa shape index (κ1) is 18.8. The number of hydrogen-bond donors (Lipinski definition) is 1. The van der Waals surface area contributed by atoms with Crippen molar-refractivity contribution in [2.24, 2.45) is 0 Å². The topological polar surface area (TPSA) is 111 Å². The van der Waals surface area contributed by atoms with Gasteiger partial charge in [0.05, 0.1) is 15.5 Å². The molecule has 0 aliphatic heterocycles. The van der Waals surface area contributed by atoms with Crippen LogP contribution >= 0.6 is 23.2 Å². The summed E-state index contributed by atoms with van der Waals surface area (Å²) in [6.45, 7) is 1.66. The van der Waals surface area contributed by atoms with Crippen LogP contribution in [0.3, 0.4) is 0 Å². The van der Waals surface area contributed by atoms with E-state index in [0.29, 0.717) is 16.4 Å². The van der Waals surface area contributed by atoms with Crippen LogP contribution in [0, 0.1) is 10.1 Å². The highest BCUT2D eigenvalue weighted by Crippen LogP contribution is 2.24. The zero-order valence-corrected chi connectivity index (χ0v) is 15.4. The van der Waals surface area contributed by atoms with E-state index in [1.165, 1.54) is 12.1 Å². The largest absolute Gasteiger partial charge is 0.340 e. The Morgan fingerprint density at radius 2 is 2.04 bits per heavy atom. The summed E-state index contributed by atoms with van der Waals surface area (Å²) in [7, 11) is 0. The van der Waals surface area contributed by atoms with E-state index in [1.807, 2.05) is 0 Å². The molecule has 0 aliphatic carbocycles. The third kappa shape index (κ3) is 4.24. The molecule has 1 aromatic heterocycles. The molecule has 3 rings (SSSR count). The van der Waals surface area contributed by atoms with Crippen molar-refractivity contribution in [3.05, 3.63) is 74.1 Å². The van der Waals surface area contributed by atoms with E-state index < -0.39 is 16.9 Å². The van der Waals surface area contributed by atoms with Gasteiger partial charge in [0.15, 0.2) is 0 Å². The van der Waals surface area contributed by atoms with Gasteiger partial charge in [0.2, 0.25) is 11.7 Å². The first-order valence-corrected chi connectivity index (χ1v) is 8.45. The Balaban J connectivity index is 1.75. The molecular weight excluding hydrogens is 395 g/mol. The summed E-state index contributed by atoms with van der Waals surface area (Å²) in [5, 5.41) is 17.8. The van der Waals surface area contributed by atoms with Crippen LogP contribution in [0.25, 0.3) is 11.4 Å². The highest BCUT2D eigenvalue weighted by molar-refractivity contribution is 6.34. The van der Waals surface area contributed by atoms with Crippen LogP contribution in [-0.4, -0.2) is 21.0 Å². The lowest BCUT2D eigenvalue weighted by Gasteiger charge is -2.10. The Labute approximate surface area is 163 Å². The Kier molecular flexibility index (Phi) is 5.38.